The molecule has 0 aliphatic carbocycles. The molecule has 1 fully saturated rings. The highest BCUT2D eigenvalue weighted by Crippen LogP contribution is 2.26. The molecule has 0 aromatic heterocycles. The second-order valence-corrected chi connectivity index (χ2v) is 4.12. The Kier molecular flexibility index (Phi) is 5.07. The van der Waals surface area contributed by atoms with Crippen molar-refractivity contribution in [1.29, 1.82) is 0 Å². The molecule has 0 aromatic rings. The predicted molar refractivity (Wildman–Crippen MR) is 66.5 cm³/mol. The lowest BCUT2D eigenvalue weighted by atomic mass is 10.0. The van der Waals surface area contributed by atoms with E-state index in [1.54, 1.807) is 13.2 Å². The smallest absolute Gasteiger partial charge is 0.326 e. The fourth-order valence-corrected chi connectivity index (χ4v) is 2.35. The van der Waals surface area contributed by atoms with Gasteiger partial charge in [-0.3, -0.25) is 0 Å². The van der Waals surface area contributed by atoms with Gasteiger partial charge in [-0.1, -0.05) is 13.5 Å². The maximum atomic E-state index is 11.3. The molecular formula is C13H21NO3. The fraction of sp³-hybridized carbons (Fsp3) is 0.615. The Bertz CT molecular complexity index is 323. The molecule has 0 bridgehead atoms. The lowest BCUT2D eigenvalue weighted by molar-refractivity contribution is -0.143. The largest absolute Gasteiger partial charge is 0.495 e. The van der Waals surface area contributed by atoms with Gasteiger partial charge in [0, 0.05) is 6.54 Å². The molecule has 1 aliphatic rings. The fourth-order valence-electron chi connectivity index (χ4n) is 2.35. The van der Waals surface area contributed by atoms with E-state index in [9.17, 15) is 9.90 Å². The van der Waals surface area contributed by atoms with E-state index >= 15 is 0 Å². The van der Waals surface area contributed by atoms with Crippen LogP contribution in [-0.2, 0) is 9.53 Å². The van der Waals surface area contributed by atoms with Crippen LogP contribution in [0.2, 0.25) is 0 Å². The minimum atomic E-state index is -0.754. The highest BCUT2D eigenvalue weighted by atomic mass is 16.5. The van der Waals surface area contributed by atoms with Crippen LogP contribution in [0.15, 0.2) is 24.1 Å². The summed E-state index contributed by atoms with van der Waals surface area (Å²) >= 11 is 0. The topological polar surface area (TPSA) is 49.8 Å². The van der Waals surface area contributed by atoms with Crippen LogP contribution >= 0.6 is 0 Å². The van der Waals surface area contributed by atoms with E-state index in [2.05, 4.69) is 6.58 Å². The second kappa shape index (κ2) is 6.33. The molecule has 0 radical (unpaired) electrons. The van der Waals surface area contributed by atoms with Crippen molar-refractivity contribution >= 4 is 5.97 Å². The van der Waals surface area contributed by atoms with Gasteiger partial charge in [-0.25, -0.2) is 4.79 Å². The molecule has 17 heavy (non-hydrogen) atoms. The number of nitrogens with zero attached hydrogens (tertiary/aromatic N) is 1. The van der Waals surface area contributed by atoms with E-state index in [1.165, 1.54) is 0 Å². The van der Waals surface area contributed by atoms with Crippen molar-refractivity contribution in [2.24, 2.45) is 0 Å². The molecule has 1 N–H and O–H groups in total. The van der Waals surface area contributed by atoms with E-state index in [-0.39, 0.29) is 0 Å². The number of methoxy groups -OCH3 is 1. The molecule has 1 rings (SSSR count). The number of ether oxygens (including phenoxy) is 1. The Labute approximate surface area is 103 Å². The molecule has 0 aromatic carbocycles. The number of hydrogen-bond donors (Lipinski definition) is 1. The van der Waals surface area contributed by atoms with Crippen LogP contribution < -0.4 is 0 Å². The minimum Gasteiger partial charge on any atom is -0.495 e. The molecule has 0 unspecified atom stereocenters. The van der Waals surface area contributed by atoms with Crippen molar-refractivity contribution in [3.63, 3.8) is 0 Å². The van der Waals surface area contributed by atoms with Crippen molar-refractivity contribution in [3.05, 3.63) is 24.1 Å². The Morgan fingerprint density at radius 2 is 2.29 bits per heavy atom. The Morgan fingerprint density at radius 1 is 1.59 bits per heavy atom. The Balaban J connectivity index is 3.03. The van der Waals surface area contributed by atoms with Gasteiger partial charge < -0.3 is 14.7 Å². The van der Waals surface area contributed by atoms with Crippen LogP contribution in [0.5, 0.6) is 0 Å². The van der Waals surface area contributed by atoms with Gasteiger partial charge in [0.1, 0.15) is 11.8 Å². The summed E-state index contributed by atoms with van der Waals surface area (Å²) in [6, 6.07) is -0.427. The van der Waals surface area contributed by atoms with Crippen molar-refractivity contribution in [2.45, 2.75) is 38.6 Å². The van der Waals surface area contributed by atoms with E-state index in [4.69, 9.17) is 4.74 Å². The van der Waals surface area contributed by atoms with Crippen molar-refractivity contribution in [1.82, 2.24) is 4.90 Å². The molecule has 4 heteroatoms. The Hall–Kier alpha value is -1.45. The number of piperidine rings is 1. The number of carboxylic acids is 1. The maximum absolute atomic E-state index is 11.3. The first-order chi connectivity index (χ1) is 8.15. The highest BCUT2D eigenvalue weighted by molar-refractivity contribution is 5.74. The molecule has 96 valence electrons. The highest BCUT2D eigenvalue weighted by Gasteiger charge is 2.30. The standard InChI is InChI=1S/C13H21NO3/c1-4-10(12(5-2)17-3)14-9-7-6-8-11(14)13(15)16/h5,11H,2,4,6-9H2,1,3H3,(H,15,16)/b12-10-/t11-/m0/s1. The van der Waals surface area contributed by atoms with Gasteiger partial charge in [-0.2, -0.15) is 0 Å². The molecule has 1 heterocycles. The molecule has 0 saturated carbocycles. The van der Waals surface area contributed by atoms with Crippen LogP contribution in [-0.4, -0.2) is 35.7 Å². The second-order valence-electron chi connectivity index (χ2n) is 4.12. The van der Waals surface area contributed by atoms with E-state index in [0.717, 1.165) is 31.5 Å². The lowest BCUT2D eigenvalue weighted by Crippen LogP contribution is -2.44. The van der Waals surface area contributed by atoms with Gasteiger partial charge in [0.05, 0.1) is 12.8 Å². The molecule has 0 spiro atoms. The zero-order valence-electron chi connectivity index (χ0n) is 10.6. The number of likely N-dealkylation sites (tertiary alicyclic amines) is 1. The summed E-state index contributed by atoms with van der Waals surface area (Å²) in [7, 11) is 1.59. The summed E-state index contributed by atoms with van der Waals surface area (Å²) in [4.78, 5) is 13.2. The molecule has 0 amide bonds. The number of carboxylic acid groups (broad SMARTS) is 1. The summed E-state index contributed by atoms with van der Waals surface area (Å²) in [6.07, 6.45) is 5.10. The van der Waals surface area contributed by atoms with Crippen molar-refractivity contribution in [3.8, 4) is 0 Å². The van der Waals surface area contributed by atoms with E-state index in [1.807, 2.05) is 11.8 Å². The first-order valence-electron chi connectivity index (χ1n) is 6.04. The molecular weight excluding hydrogens is 218 g/mol. The normalized spacial score (nSPS) is 21.8. The van der Waals surface area contributed by atoms with Gasteiger partial charge in [0.15, 0.2) is 0 Å². The van der Waals surface area contributed by atoms with Gasteiger partial charge in [0.2, 0.25) is 0 Å². The first-order valence-corrected chi connectivity index (χ1v) is 6.04. The Morgan fingerprint density at radius 3 is 2.76 bits per heavy atom. The summed E-state index contributed by atoms with van der Waals surface area (Å²) in [5.41, 5.74) is 0.939. The molecule has 4 nitrogen and oxygen atoms in total. The van der Waals surface area contributed by atoms with Gasteiger partial charge in [-0.15, -0.1) is 0 Å². The molecule has 1 atom stereocenters. The van der Waals surface area contributed by atoms with Crippen molar-refractivity contribution in [2.75, 3.05) is 13.7 Å². The van der Waals surface area contributed by atoms with Gasteiger partial charge in [0.25, 0.3) is 0 Å². The van der Waals surface area contributed by atoms with Crippen LogP contribution in [0.1, 0.15) is 32.6 Å². The first kappa shape index (κ1) is 13.6. The van der Waals surface area contributed by atoms with Crippen LogP contribution in [0, 0.1) is 0 Å². The van der Waals surface area contributed by atoms with E-state index in [0.29, 0.717) is 12.2 Å². The number of aliphatic carboxylic acids is 1. The zero-order valence-corrected chi connectivity index (χ0v) is 10.6. The third-order valence-corrected chi connectivity index (χ3v) is 3.16. The summed E-state index contributed by atoms with van der Waals surface area (Å²) in [5, 5.41) is 9.25. The van der Waals surface area contributed by atoms with E-state index < -0.39 is 12.0 Å². The van der Waals surface area contributed by atoms with Crippen LogP contribution in [0.4, 0.5) is 0 Å². The summed E-state index contributed by atoms with van der Waals surface area (Å²) < 4.78 is 5.26. The third kappa shape index (κ3) is 3.02. The van der Waals surface area contributed by atoms with Gasteiger partial charge >= 0.3 is 5.97 Å². The van der Waals surface area contributed by atoms with Crippen LogP contribution in [0.25, 0.3) is 0 Å². The summed E-state index contributed by atoms with van der Waals surface area (Å²) in [5.74, 6) is -0.0733. The van der Waals surface area contributed by atoms with Crippen LogP contribution in [0.3, 0.4) is 0 Å². The lowest BCUT2D eigenvalue weighted by Gasteiger charge is -2.36. The average Bonchev–Trinajstić information content (AvgIpc) is 2.35. The number of carbonyl (C=O) groups is 1. The summed E-state index contributed by atoms with van der Waals surface area (Å²) in [6.45, 7) is 6.49. The van der Waals surface area contributed by atoms with Gasteiger partial charge in [-0.05, 0) is 31.8 Å². The van der Waals surface area contributed by atoms with Crippen molar-refractivity contribution < 1.29 is 14.6 Å². The number of hydrogen-bond acceptors (Lipinski definition) is 3. The zero-order chi connectivity index (χ0) is 12.8. The SMILES string of the molecule is C=C/C(OC)=C(\CC)N1CCCC[C@H]1C(=O)O. The monoisotopic (exact) mass is 239 g/mol. The maximum Gasteiger partial charge on any atom is 0.326 e. The predicted octanol–water partition coefficient (Wildman–Crippen LogP) is 2.38. The average molecular weight is 239 g/mol. The minimum absolute atomic E-state index is 0.427. The molecule has 1 saturated heterocycles. The molecule has 1 aliphatic heterocycles. The quantitative estimate of drug-likeness (QED) is 0.591. The number of rotatable bonds is 5. The third-order valence-electron chi connectivity index (χ3n) is 3.16. The number of allylic oxidation sites excluding steroid dienone is 2.